The van der Waals surface area contributed by atoms with Gasteiger partial charge in [-0.05, 0) is 73.5 Å². The summed E-state index contributed by atoms with van der Waals surface area (Å²) in [7, 11) is 1.64. The summed E-state index contributed by atoms with van der Waals surface area (Å²) in [6.07, 6.45) is 9.21. The van der Waals surface area contributed by atoms with Gasteiger partial charge in [0.1, 0.15) is 5.75 Å². The van der Waals surface area contributed by atoms with Gasteiger partial charge in [0.05, 0.1) is 12.7 Å². The molecule has 2 bridgehead atoms. The Bertz CT molecular complexity index is 1020. The summed E-state index contributed by atoms with van der Waals surface area (Å²) in [5, 5.41) is 15.1. The molecule has 3 aliphatic carbocycles. The van der Waals surface area contributed by atoms with Crippen LogP contribution < -0.4 is 10.1 Å². The van der Waals surface area contributed by atoms with Crippen LogP contribution in [-0.4, -0.2) is 30.1 Å². The largest absolute Gasteiger partial charge is 0.497 e. The Morgan fingerprint density at radius 3 is 2.81 bits per heavy atom. The van der Waals surface area contributed by atoms with Gasteiger partial charge >= 0.3 is 5.97 Å². The van der Waals surface area contributed by atoms with E-state index in [0.717, 1.165) is 46.6 Å². The van der Waals surface area contributed by atoms with Gasteiger partial charge in [0, 0.05) is 27.9 Å². The topological polar surface area (TPSA) is 75.6 Å². The number of thiophene rings is 1. The highest BCUT2D eigenvalue weighted by atomic mass is 32.1. The zero-order valence-corrected chi connectivity index (χ0v) is 19.9. The first-order valence-corrected chi connectivity index (χ1v) is 12.4. The Hall–Kier alpha value is -2.34. The molecule has 0 unspecified atom stereocenters. The van der Waals surface area contributed by atoms with E-state index in [0.29, 0.717) is 18.3 Å². The lowest BCUT2D eigenvalue weighted by molar-refractivity contribution is -0.137. The highest BCUT2D eigenvalue weighted by molar-refractivity contribution is 7.17. The molecule has 0 aliphatic heterocycles. The Morgan fingerprint density at radius 1 is 1.28 bits per heavy atom. The number of hydrogen-bond donors (Lipinski definition) is 2. The molecular formula is C26H33NO4S. The van der Waals surface area contributed by atoms with Crippen LogP contribution in [0.4, 0.5) is 0 Å². The van der Waals surface area contributed by atoms with Gasteiger partial charge < -0.3 is 15.2 Å². The van der Waals surface area contributed by atoms with Crippen LogP contribution in [-0.2, 0) is 4.79 Å². The number of nitrogens with one attached hydrogen (secondary N) is 1. The molecule has 4 atom stereocenters. The molecule has 1 amide bonds. The van der Waals surface area contributed by atoms with Crippen LogP contribution in [0.15, 0.2) is 35.7 Å². The third-order valence-electron chi connectivity index (χ3n) is 7.76. The second kappa shape index (κ2) is 9.26. The average molecular weight is 456 g/mol. The Balaban J connectivity index is 1.47. The van der Waals surface area contributed by atoms with Gasteiger partial charge in [-0.3, -0.25) is 9.59 Å². The number of carbonyl (C=O) groups is 2. The molecule has 3 fully saturated rings. The minimum Gasteiger partial charge on any atom is -0.497 e. The first-order valence-electron chi connectivity index (χ1n) is 11.5. The highest BCUT2D eigenvalue weighted by Gasteiger charge is 2.57. The Labute approximate surface area is 193 Å². The lowest BCUT2D eigenvalue weighted by Crippen LogP contribution is -2.63. The van der Waals surface area contributed by atoms with Gasteiger partial charge in [0.2, 0.25) is 0 Å². The number of carboxylic acids is 1. The first-order chi connectivity index (χ1) is 15.3. The zero-order valence-electron chi connectivity index (χ0n) is 19.1. The molecule has 3 aliphatic rings. The van der Waals surface area contributed by atoms with Crippen molar-refractivity contribution in [2.75, 3.05) is 7.11 Å². The molecule has 0 saturated heterocycles. The minimum absolute atomic E-state index is 0.00564. The molecule has 2 aromatic rings. The fourth-order valence-electron chi connectivity index (χ4n) is 5.67. The second-order valence-corrected chi connectivity index (χ2v) is 10.8. The van der Waals surface area contributed by atoms with Crippen molar-refractivity contribution in [3.63, 3.8) is 0 Å². The van der Waals surface area contributed by atoms with Crippen molar-refractivity contribution < 1.29 is 19.4 Å². The van der Waals surface area contributed by atoms with Crippen molar-refractivity contribution in [3.8, 4) is 5.75 Å². The summed E-state index contributed by atoms with van der Waals surface area (Å²) in [4.78, 5) is 24.0. The standard InChI is InChI=1S/C26H33NO4S/c1-26(2)17-12-16(8-6-4-5-7-9-23(28)29)24(21(26)13-17)27-25(30)20-15-32-22-11-10-18(31-3)14-19(20)22/h4,6,10-11,14-17,21,24H,5,7-9,12-13H2,1-3H3,(H,27,30)(H,28,29)/t16-,17+,21+,24-/m1/s1. The number of rotatable bonds is 9. The summed E-state index contributed by atoms with van der Waals surface area (Å²) < 4.78 is 6.45. The van der Waals surface area contributed by atoms with Crippen molar-refractivity contribution in [3.05, 3.63) is 41.3 Å². The predicted octanol–water partition coefficient (Wildman–Crippen LogP) is 5.89. The SMILES string of the molecule is COc1ccc2scc(C(=O)N[C@@H]3[C@H](CC=CCCCC(=O)O)C[C@H]4C[C@@H]3C4(C)C)c2c1. The smallest absolute Gasteiger partial charge is 0.303 e. The minimum atomic E-state index is -0.741. The molecule has 0 spiro atoms. The van der Waals surface area contributed by atoms with Crippen LogP contribution in [0.1, 0.15) is 62.7 Å². The van der Waals surface area contributed by atoms with E-state index in [1.165, 1.54) is 6.42 Å². The van der Waals surface area contributed by atoms with Gasteiger partial charge in [0.15, 0.2) is 0 Å². The van der Waals surface area contributed by atoms with E-state index in [9.17, 15) is 9.59 Å². The van der Waals surface area contributed by atoms with E-state index in [1.54, 1.807) is 18.4 Å². The van der Waals surface area contributed by atoms with Crippen LogP contribution in [0.25, 0.3) is 10.1 Å². The van der Waals surface area contributed by atoms with Gasteiger partial charge in [-0.1, -0.05) is 26.0 Å². The van der Waals surface area contributed by atoms with E-state index in [2.05, 4.69) is 31.3 Å². The van der Waals surface area contributed by atoms with Crippen LogP contribution in [0.2, 0.25) is 0 Å². The monoisotopic (exact) mass is 455 g/mol. The maximum absolute atomic E-state index is 13.4. The van der Waals surface area contributed by atoms with E-state index in [1.807, 2.05) is 23.6 Å². The van der Waals surface area contributed by atoms with E-state index in [4.69, 9.17) is 9.84 Å². The molecule has 1 heterocycles. The van der Waals surface area contributed by atoms with Crippen molar-refractivity contribution in [1.29, 1.82) is 0 Å². The number of amides is 1. The zero-order chi connectivity index (χ0) is 22.9. The molecule has 2 N–H and O–H groups in total. The van der Waals surface area contributed by atoms with Gasteiger partial charge in [-0.2, -0.15) is 0 Å². The molecule has 5 nitrogen and oxygen atoms in total. The molecule has 172 valence electrons. The molecule has 32 heavy (non-hydrogen) atoms. The van der Waals surface area contributed by atoms with E-state index in [-0.39, 0.29) is 23.8 Å². The van der Waals surface area contributed by atoms with Crippen LogP contribution >= 0.6 is 11.3 Å². The van der Waals surface area contributed by atoms with E-state index < -0.39 is 5.97 Å². The number of benzene rings is 1. The van der Waals surface area contributed by atoms with Crippen molar-refractivity contribution in [2.45, 2.75) is 58.4 Å². The second-order valence-electron chi connectivity index (χ2n) is 9.86. The third kappa shape index (κ3) is 4.42. The third-order valence-corrected chi connectivity index (χ3v) is 8.73. The summed E-state index contributed by atoms with van der Waals surface area (Å²) in [5.74, 6) is 1.66. The number of methoxy groups -OCH3 is 1. The number of aliphatic carboxylic acids is 1. The molecular weight excluding hydrogens is 422 g/mol. The van der Waals surface area contributed by atoms with Gasteiger partial charge in [-0.15, -0.1) is 11.3 Å². The lowest BCUT2D eigenvalue weighted by Gasteiger charge is -2.62. The molecule has 0 radical (unpaired) electrons. The summed E-state index contributed by atoms with van der Waals surface area (Å²) >= 11 is 1.59. The number of carboxylic acid groups (broad SMARTS) is 1. The summed E-state index contributed by atoms with van der Waals surface area (Å²) in [5.41, 5.74) is 0.991. The van der Waals surface area contributed by atoms with Gasteiger partial charge in [-0.25, -0.2) is 0 Å². The Kier molecular flexibility index (Phi) is 6.61. The van der Waals surface area contributed by atoms with Crippen LogP contribution in [0.3, 0.4) is 0 Å². The van der Waals surface area contributed by atoms with Gasteiger partial charge in [0.25, 0.3) is 5.91 Å². The van der Waals surface area contributed by atoms with Crippen LogP contribution in [0, 0.1) is 23.2 Å². The number of hydrogen-bond acceptors (Lipinski definition) is 4. The number of carbonyl (C=O) groups excluding carboxylic acids is 1. The quantitative estimate of drug-likeness (QED) is 0.365. The molecule has 1 aromatic heterocycles. The highest BCUT2D eigenvalue weighted by Crippen LogP contribution is 2.61. The molecule has 6 heteroatoms. The summed E-state index contributed by atoms with van der Waals surface area (Å²) in [6.45, 7) is 4.68. The predicted molar refractivity (Wildman–Crippen MR) is 128 cm³/mol. The number of allylic oxidation sites excluding steroid dienone is 2. The van der Waals surface area contributed by atoms with Crippen molar-refractivity contribution >= 4 is 33.3 Å². The first kappa shape index (κ1) is 22.8. The van der Waals surface area contributed by atoms with Crippen LogP contribution in [0.5, 0.6) is 5.75 Å². The van der Waals surface area contributed by atoms with E-state index >= 15 is 0 Å². The molecule has 1 aromatic carbocycles. The Morgan fingerprint density at radius 2 is 2.09 bits per heavy atom. The summed E-state index contributed by atoms with van der Waals surface area (Å²) in [6, 6.07) is 6.04. The number of ether oxygens (including phenoxy) is 1. The molecule has 3 saturated carbocycles. The average Bonchev–Trinajstić information content (AvgIpc) is 3.19. The number of fused-ring (bicyclic) bond motifs is 3. The van der Waals surface area contributed by atoms with Crippen molar-refractivity contribution in [1.82, 2.24) is 5.32 Å². The molecule has 5 rings (SSSR count). The lowest BCUT2D eigenvalue weighted by atomic mass is 9.44. The normalized spacial score (nSPS) is 26.1. The fraction of sp³-hybridized carbons (Fsp3) is 0.538. The van der Waals surface area contributed by atoms with Crippen molar-refractivity contribution in [2.24, 2.45) is 23.2 Å². The fourth-order valence-corrected chi connectivity index (χ4v) is 6.59. The number of unbranched alkanes of at least 4 members (excludes halogenated alkanes) is 1. The maximum atomic E-state index is 13.4. The maximum Gasteiger partial charge on any atom is 0.303 e.